The minimum Gasteiger partial charge on any atom is -0.480 e. The minimum absolute atomic E-state index is 0.290. The zero-order valence-corrected chi connectivity index (χ0v) is 13.9. The highest BCUT2D eigenvalue weighted by atomic mass is 32.2. The second-order valence-electron chi connectivity index (χ2n) is 5.22. The lowest BCUT2D eigenvalue weighted by Gasteiger charge is -2.19. The van der Waals surface area contributed by atoms with Gasteiger partial charge in [0.1, 0.15) is 12.1 Å². The van der Waals surface area contributed by atoms with E-state index in [4.69, 9.17) is 5.11 Å². The first-order valence-corrected chi connectivity index (χ1v) is 8.55. The number of nitrogens with one attached hydrogen (secondary N) is 1. The number of hydrogen-bond donors (Lipinski definition) is 3. The van der Waals surface area contributed by atoms with E-state index < -0.39 is 24.0 Å². The van der Waals surface area contributed by atoms with Gasteiger partial charge in [-0.3, -0.25) is 19.7 Å². The largest absolute Gasteiger partial charge is 0.480 e. The molecule has 126 valence electrons. The van der Waals surface area contributed by atoms with Gasteiger partial charge in [0.15, 0.2) is 5.78 Å². The Morgan fingerprint density at radius 3 is 2.13 bits per heavy atom. The summed E-state index contributed by atoms with van der Waals surface area (Å²) in [4.78, 5) is 34.7. The maximum absolute atomic E-state index is 12.2. The van der Waals surface area contributed by atoms with Gasteiger partial charge in [-0.2, -0.15) is 11.8 Å². The Balaban J connectivity index is 2.77. The molecule has 0 amide bonds. The van der Waals surface area contributed by atoms with Crippen molar-refractivity contribution in [2.75, 3.05) is 12.0 Å². The quantitative estimate of drug-likeness (QED) is 0.559. The molecule has 0 saturated heterocycles. The predicted molar refractivity (Wildman–Crippen MR) is 89.1 cm³/mol. The Morgan fingerprint density at radius 2 is 1.65 bits per heavy atom. The van der Waals surface area contributed by atoms with Gasteiger partial charge in [-0.05, 0) is 25.4 Å². The van der Waals surface area contributed by atoms with Gasteiger partial charge in [0, 0.05) is 12.0 Å². The fraction of sp³-hybridized carbons (Fsp3) is 0.438. The number of ketones is 1. The second kappa shape index (κ2) is 9.32. The van der Waals surface area contributed by atoms with Crippen molar-refractivity contribution in [2.24, 2.45) is 0 Å². The van der Waals surface area contributed by atoms with Gasteiger partial charge >= 0.3 is 11.9 Å². The standard InChI is InChI=1S/C16H21NO5S/c1-10-3-5-11(6-4-10)14(18)9-13(16(21)22)17-12(15(19)20)7-8-23-2/h3-6,12-13,17H,7-9H2,1-2H3,(H,19,20)(H,21,22). The van der Waals surface area contributed by atoms with Crippen molar-refractivity contribution >= 4 is 29.5 Å². The van der Waals surface area contributed by atoms with Gasteiger partial charge in [-0.15, -0.1) is 0 Å². The molecule has 0 aliphatic heterocycles. The van der Waals surface area contributed by atoms with Crippen molar-refractivity contribution in [2.45, 2.75) is 31.8 Å². The highest BCUT2D eigenvalue weighted by Crippen LogP contribution is 2.10. The molecule has 6 nitrogen and oxygen atoms in total. The number of Topliss-reactive ketones (excluding diaryl/α,β-unsaturated/α-hetero) is 1. The van der Waals surface area contributed by atoms with Crippen LogP contribution < -0.4 is 5.32 Å². The van der Waals surface area contributed by atoms with Gasteiger partial charge in [0.2, 0.25) is 0 Å². The summed E-state index contributed by atoms with van der Waals surface area (Å²) in [5.41, 5.74) is 1.41. The molecule has 1 rings (SSSR count). The molecule has 1 aromatic carbocycles. The number of rotatable bonds is 10. The fourth-order valence-corrected chi connectivity index (χ4v) is 2.49. The molecule has 0 aliphatic carbocycles. The molecule has 2 atom stereocenters. The summed E-state index contributed by atoms with van der Waals surface area (Å²) in [6.07, 6.45) is 1.84. The topological polar surface area (TPSA) is 104 Å². The van der Waals surface area contributed by atoms with Gasteiger partial charge in [-0.25, -0.2) is 0 Å². The fourth-order valence-electron chi connectivity index (χ4n) is 2.02. The Kier molecular flexibility index (Phi) is 7.77. The molecule has 0 radical (unpaired) electrons. The van der Waals surface area contributed by atoms with Crippen LogP contribution in [0.15, 0.2) is 24.3 Å². The van der Waals surface area contributed by atoms with E-state index in [1.165, 1.54) is 11.8 Å². The zero-order valence-electron chi connectivity index (χ0n) is 13.1. The lowest BCUT2D eigenvalue weighted by Crippen LogP contribution is -2.48. The van der Waals surface area contributed by atoms with Crippen molar-refractivity contribution in [3.8, 4) is 0 Å². The molecule has 0 heterocycles. The molecule has 7 heteroatoms. The van der Waals surface area contributed by atoms with Crippen LogP contribution >= 0.6 is 11.8 Å². The van der Waals surface area contributed by atoms with Crippen molar-refractivity contribution in [3.05, 3.63) is 35.4 Å². The third-order valence-electron chi connectivity index (χ3n) is 3.37. The number of aliphatic carboxylic acids is 2. The maximum atomic E-state index is 12.2. The van der Waals surface area contributed by atoms with Crippen LogP contribution in [0.25, 0.3) is 0 Å². The van der Waals surface area contributed by atoms with Crippen LogP contribution in [-0.2, 0) is 9.59 Å². The van der Waals surface area contributed by atoms with Gasteiger partial charge in [0.05, 0.1) is 0 Å². The van der Waals surface area contributed by atoms with Crippen molar-refractivity contribution in [3.63, 3.8) is 0 Å². The van der Waals surface area contributed by atoms with E-state index in [1.54, 1.807) is 24.3 Å². The Labute approximate surface area is 139 Å². The van der Waals surface area contributed by atoms with Crippen molar-refractivity contribution in [1.29, 1.82) is 0 Å². The van der Waals surface area contributed by atoms with E-state index in [0.29, 0.717) is 17.7 Å². The van der Waals surface area contributed by atoms with Crippen molar-refractivity contribution < 1.29 is 24.6 Å². The zero-order chi connectivity index (χ0) is 17.4. The molecule has 2 unspecified atom stereocenters. The normalized spacial score (nSPS) is 13.3. The van der Waals surface area contributed by atoms with Crippen LogP contribution in [-0.4, -0.2) is 52.0 Å². The first-order chi connectivity index (χ1) is 10.8. The number of thioether (sulfide) groups is 1. The second-order valence-corrected chi connectivity index (χ2v) is 6.21. The van der Waals surface area contributed by atoms with Crippen molar-refractivity contribution in [1.82, 2.24) is 5.32 Å². The Bertz CT molecular complexity index is 558. The molecule has 3 N–H and O–H groups in total. The molecule has 0 saturated carbocycles. The summed E-state index contributed by atoms with van der Waals surface area (Å²) >= 11 is 1.48. The monoisotopic (exact) mass is 339 g/mol. The lowest BCUT2D eigenvalue weighted by molar-refractivity contribution is -0.142. The summed E-state index contributed by atoms with van der Waals surface area (Å²) in [5.74, 6) is -2.10. The van der Waals surface area contributed by atoms with Crippen LogP contribution in [0.4, 0.5) is 0 Å². The molecule has 0 aromatic heterocycles. The summed E-state index contributed by atoms with van der Waals surface area (Å²) < 4.78 is 0. The molecular weight excluding hydrogens is 318 g/mol. The summed E-state index contributed by atoms with van der Waals surface area (Å²) in [5, 5.41) is 21.0. The highest BCUT2D eigenvalue weighted by molar-refractivity contribution is 7.98. The smallest absolute Gasteiger partial charge is 0.321 e. The molecule has 0 fully saturated rings. The first-order valence-electron chi connectivity index (χ1n) is 7.15. The molecule has 0 bridgehead atoms. The summed E-state index contributed by atoms with van der Waals surface area (Å²) in [7, 11) is 0. The molecule has 1 aromatic rings. The van der Waals surface area contributed by atoms with Gasteiger partial charge in [-0.1, -0.05) is 29.8 Å². The van der Waals surface area contributed by atoms with Crippen LogP contribution in [0.3, 0.4) is 0 Å². The number of benzene rings is 1. The van der Waals surface area contributed by atoms with Crippen LogP contribution in [0.1, 0.15) is 28.8 Å². The minimum atomic E-state index is -1.24. The predicted octanol–water partition coefficient (Wildman–Crippen LogP) is 1.82. The number of carboxylic acid groups (broad SMARTS) is 2. The highest BCUT2D eigenvalue weighted by Gasteiger charge is 2.27. The lowest BCUT2D eigenvalue weighted by atomic mass is 10.0. The molecule has 0 spiro atoms. The van der Waals surface area contributed by atoms with E-state index in [-0.39, 0.29) is 12.2 Å². The third kappa shape index (κ3) is 6.42. The summed E-state index contributed by atoms with van der Waals surface area (Å²) in [6.45, 7) is 1.89. The van der Waals surface area contributed by atoms with E-state index in [1.807, 2.05) is 13.2 Å². The van der Waals surface area contributed by atoms with Gasteiger partial charge < -0.3 is 10.2 Å². The Hall–Kier alpha value is -1.86. The SMILES string of the molecule is CSCCC(NC(CC(=O)c1ccc(C)cc1)C(=O)O)C(=O)O. The average molecular weight is 339 g/mol. The molecule has 23 heavy (non-hydrogen) atoms. The number of aryl methyl sites for hydroxylation is 1. The number of carbonyl (C=O) groups is 3. The van der Waals surface area contributed by atoms with Crippen LogP contribution in [0, 0.1) is 6.92 Å². The average Bonchev–Trinajstić information content (AvgIpc) is 2.50. The van der Waals surface area contributed by atoms with E-state index in [9.17, 15) is 19.5 Å². The van der Waals surface area contributed by atoms with Crippen LogP contribution in [0.2, 0.25) is 0 Å². The summed E-state index contributed by atoms with van der Waals surface area (Å²) in [6, 6.07) is 4.60. The van der Waals surface area contributed by atoms with E-state index in [0.717, 1.165) is 5.56 Å². The van der Waals surface area contributed by atoms with E-state index in [2.05, 4.69) is 5.32 Å². The Morgan fingerprint density at radius 1 is 1.09 bits per heavy atom. The van der Waals surface area contributed by atoms with Gasteiger partial charge in [0.25, 0.3) is 0 Å². The van der Waals surface area contributed by atoms with E-state index >= 15 is 0 Å². The number of hydrogen-bond acceptors (Lipinski definition) is 5. The maximum Gasteiger partial charge on any atom is 0.321 e. The molecular formula is C16H21NO5S. The van der Waals surface area contributed by atoms with Crippen LogP contribution in [0.5, 0.6) is 0 Å². The number of carboxylic acids is 2. The molecule has 0 aliphatic rings. The first kappa shape index (κ1) is 19.2. The number of carbonyl (C=O) groups excluding carboxylic acids is 1. The third-order valence-corrected chi connectivity index (χ3v) is 4.02.